The largest absolute Gasteiger partial charge is 0.467 e. The number of aromatic nitrogens is 2. The summed E-state index contributed by atoms with van der Waals surface area (Å²) < 4.78 is 30.6. The Bertz CT molecular complexity index is 1220. The van der Waals surface area contributed by atoms with Crippen molar-refractivity contribution >= 4 is 27.6 Å². The maximum atomic E-state index is 13.9. The highest BCUT2D eigenvalue weighted by Gasteiger charge is 2.58. The lowest BCUT2D eigenvalue weighted by atomic mass is 9.94. The van der Waals surface area contributed by atoms with Gasteiger partial charge in [0, 0.05) is 23.6 Å². The molecule has 3 aromatic rings. The van der Waals surface area contributed by atoms with Crippen molar-refractivity contribution < 1.29 is 17.9 Å². The van der Waals surface area contributed by atoms with E-state index in [9.17, 15) is 13.2 Å². The maximum Gasteiger partial charge on any atom is 0.338 e. The van der Waals surface area contributed by atoms with Gasteiger partial charge in [-0.2, -0.15) is 5.10 Å². The average molecular weight is 407 g/mol. The van der Waals surface area contributed by atoms with Crippen LogP contribution in [0.3, 0.4) is 0 Å². The molecule has 2 aromatic carbocycles. The van der Waals surface area contributed by atoms with Crippen molar-refractivity contribution in [1.82, 2.24) is 10.2 Å². The highest BCUT2D eigenvalue weighted by molar-refractivity contribution is 7.95. The lowest BCUT2D eigenvalue weighted by molar-refractivity contribution is -0.140. The molecule has 29 heavy (non-hydrogen) atoms. The second kappa shape index (κ2) is 7.14. The number of H-pyrrole nitrogens is 1. The van der Waals surface area contributed by atoms with Gasteiger partial charge in [-0.1, -0.05) is 60.7 Å². The van der Waals surface area contributed by atoms with Crippen LogP contribution in [0.25, 0.3) is 16.7 Å². The standard InChI is InChI=1S/C21H17N3O4S/c1-28-20(25)21(14-22-13-18(21)16-10-6-3-7-11-16)29(26,27)19-17(12-23-24-19)15-8-4-2-5-9-15/h2-14H,1H3,(H,23,24). The maximum absolute atomic E-state index is 13.9. The van der Waals surface area contributed by atoms with Gasteiger partial charge < -0.3 is 4.74 Å². The van der Waals surface area contributed by atoms with Crippen molar-refractivity contribution in [3.63, 3.8) is 0 Å². The summed E-state index contributed by atoms with van der Waals surface area (Å²) >= 11 is 0. The zero-order valence-electron chi connectivity index (χ0n) is 15.4. The van der Waals surface area contributed by atoms with E-state index < -0.39 is 20.6 Å². The quantitative estimate of drug-likeness (QED) is 0.656. The van der Waals surface area contributed by atoms with Gasteiger partial charge in [0.05, 0.1) is 13.3 Å². The number of methoxy groups -OCH3 is 1. The van der Waals surface area contributed by atoms with Crippen LogP contribution in [0.5, 0.6) is 0 Å². The van der Waals surface area contributed by atoms with E-state index in [2.05, 4.69) is 15.2 Å². The van der Waals surface area contributed by atoms with E-state index in [0.717, 1.165) is 13.3 Å². The third kappa shape index (κ3) is 2.80. The number of hydrogen-bond acceptors (Lipinski definition) is 6. The normalized spacial score (nSPS) is 18.4. The minimum absolute atomic E-state index is 0.177. The molecule has 0 saturated heterocycles. The summed E-state index contributed by atoms with van der Waals surface area (Å²) in [6.07, 6.45) is 3.92. The summed E-state index contributed by atoms with van der Waals surface area (Å²) in [7, 11) is -3.20. The number of nitrogens with zero attached hydrogens (tertiary/aromatic N) is 2. The number of ether oxygens (including phenoxy) is 1. The Balaban J connectivity index is 1.95. The molecule has 0 saturated carbocycles. The summed E-state index contributed by atoms with van der Waals surface area (Å²) in [4.78, 5) is 17.0. The van der Waals surface area contributed by atoms with Crippen molar-refractivity contribution in [2.45, 2.75) is 9.77 Å². The van der Waals surface area contributed by atoms with Crippen LogP contribution in [0, 0.1) is 0 Å². The number of aliphatic imine (C=N–C) groups is 1. The lowest BCUT2D eigenvalue weighted by Gasteiger charge is -2.26. The van der Waals surface area contributed by atoms with Crippen LogP contribution in [0.1, 0.15) is 5.56 Å². The monoisotopic (exact) mass is 407 g/mol. The van der Waals surface area contributed by atoms with E-state index in [-0.39, 0.29) is 10.6 Å². The summed E-state index contributed by atoms with van der Waals surface area (Å²) in [6, 6.07) is 17.7. The molecule has 0 fully saturated rings. The number of hydrogen-bond donors (Lipinski definition) is 1. The third-order valence-electron chi connectivity index (χ3n) is 4.82. The summed E-state index contributed by atoms with van der Waals surface area (Å²) in [5.41, 5.74) is 1.79. The molecule has 0 spiro atoms. The average Bonchev–Trinajstić information content (AvgIpc) is 3.43. The molecule has 2 heterocycles. The third-order valence-corrected chi connectivity index (χ3v) is 7.00. The molecule has 1 atom stereocenters. The Morgan fingerprint density at radius 2 is 1.62 bits per heavy atom. The molecule has 1 unspecified atom stereocenters. The molecule has 1 aliphatic heterocycles. The van der Waals surface area contributed by atoms with Crippen LogP contribution in [0.2, 0.25) is 0 Å². The Kier molecular flexibility index (Phi) is 4.63. The fourth-order valence-corrected chi connectivity index (χ4v) is 5.31. The van der Waals surface area contributed by atoms with Crippen LogP contribution in [0.15, 0.2) is 83.1 Å². The molecule has 4 rings (SSSR count). The Morgan fingerprint density at radius 1 is 1.00 bits per heavy atom. The van der Waals surface area contributed by atoms with E-state index in [4.69, 9.17) is 4.74 Å². The molecular weight excluding hydrogens is 390 g/mol. The van der Waals surface area contributed by atoms with Crippen molar-refractivity contribution in [2.75, 3.05) is 7.11 Å². The minimum Gasteiger partial charge on any atom is -0.467 e. The van der Waals surface area contributed by atoms with Crippen molar-refractivity contribution in [2.24, 2.45) is 4.99 Å². The first-order chi connectivity index (χ1) is 14.0. The van der Waals surface area contributed by atoms with Crippen LogP contribution in [-0.2, 0) is 19.4 Å². The zero-order valence-corrected chi connectivity index (χ0v) is 16.3. The molecule has 0 aliphatic carbocycles. The summed E-state index contributed by atoms with van der Waals surface area (Å²) in [5.74, 6) is -0.942. The fourth-order valence-electron chi connectivity index (χ4n) is 3.39. The summed E-state index contributed by atoms with van der Waals surface area (Å²) in [5, 5.41) is 6.32. The second-order valence-corrected chi connectivity index (χ2v) is 8.46. The van der Waals surface area contributed by atoms with E-state index in [1.165, 1.54) is 12.4 Å². The van der Waals surface area contributed by atoms with Crippen LogP contribution >= 0.6 is 0 Å². The van der Waals surface area contributed by atoms with Crippen LogP contribution in [0.4, 0.5) is 0 Å². The van der Waals surface area contributed by atoms with Crippen LogP contribution in [-0.4, -0.2) is 42.7 Å². The predicted molar refractivity (Wildman–Crippen MR) is 109 cm³/mol. The second-order valence-electron chi connectivity index (χ2n) is 6.40. The van der Waals surface area contributed by atoms with Gasteiger partial charge in [-0.15, -0.1) is 0 Å². The van der Waals surface area contributed by atoms with Gasteiger partial charge >= 0.3 is 5.97 Å². The fraction of sp³-hybridized carbons (Fsp3) is 0.0952. The molecule has 0 amide bonds. The highest BCUT2D eigenvalue weighted by atomic mass is 32.2. The topological polar surface area (TPSA) is 101 Å². The number of benzene rings is 2. The van der Waals surface area contributed by atoms with Crippen molar-refractivity contribution in [1.29, 1.82) is 0 Å². The number of aromatic amines is 1. The first kappa shape index (κ1) is 18.8. The van der Waals surface area contributed by atoms with Crippen molar-refractivity contribution in [3.05, 3.63) is 78.6 Å². The van der Waals surface area contributed by atoms with Gasteiger partial charge in [0.25, 0.3) is 0 Å². The summed E-state index contributed by atoms with van der Waals surface area (Å²) in [6.45, 7) is 0. The van der Waals surface area contributed by atoms with Gasteiger partial charge in [0.1, 0.15) is 0 Å². The first-order valence-electron chi connectivity index (χ1n) is 8.74. The molecule has 1 aromatic heterocycles. The Morgan fingerprint density at radius 3 is 2.24 bits per heavy atom. The van der Waals surface area contributed by atoms with E-state index in [0.29, 0.717) is 16.7 Å². The minimum atomic E-state index is -4.35. The lowest BCUT2D eigenvalue weighted by Crippen LogP contribution is -2.48. The molecule has 1 aliphatic rings. The molecule has 0 bridgehead atoms. The van der Waals surface area contributed by atoms with Gasteiger partial charge in [-0.3, -0.25) is 10.1 Å². The smallest absolute Gasteiger partial charge is 0.338 e. The van der Waals surface area contributed by atoms with E-state index in [1.54, 1.807) is 54.6 Å². The molecule has 7 nitrogen and oxygen atoms in total. The van der Waals surface area contributed by atoms with Crippen LogP contribution < -0.4 is 0 Å². The number of carbonyl (C=O) groups is 1. The molecule has 1 N–H and O–H groups in total. The number of esters is 1. The van der Waals surface area contributed by atoms with Crippen molar-refractivity contribution in [3.8, 4) is 11.1 Å². The van der Waals surface area contributed by atoms with Gasteiger partial charge in [0.15, 0.2) is 5.03 Å². The highest BCUT2D eigenvalue weighted by Crippen LogP contribution is 2.42. The number of sulfone groups is 1. The molecular formula is C21H17N3O4S. The van der Waals surface area contributed by atoms with Gasteiger partial charge in [-0.05, 0) is 11.1 Å². The zero-order chi connectivity index (χ0) is 20.5. The van der Waals surface area contributed by atoms with Gasteiger partial charge in [0.2, 0.25) is 14.6 Å². The van der Waals surface area contributed by atoms with Gasteiger partial charge in [-0.25, -0.2) is 13.2 Å². The molecule has 0 radical (unpaired) electrons. The van der Waals surface area contributed by atoms with E-state index >= 15 is 0 Å². The Hall–Kier alpha value is -3.52. The SMILES string of the molecule is COC(=O)C1(S(=O)(=O)c2[nH]ncc2-c2ccccc2)C=NC=C1c1ccccc1. The number of rotatable bonds is 5. The number of nitrogens with one attached hydrogen (secondary N) is 1. The Labute approximate surface area is 167 Å². The molecule has 146 valence electrons. The first-order valence-corrected chi connectivity index (χ1v) is 10.2. The van der Waals surface area contributed by atoms with E-state index in [1.807, 2.05) is 6.07 Å². The predicted octanol–water partition coefficient (Wildman–Crippen LogP) is 2.89. The number of carbonyl (C=O) groups excluding carboxylic acids is 1. The molecule has 8 heteroatoms.